The number of piperazine rings is 1. The lowest BCUT2D eigenvalue weighted by Crippen LogP contribution is -2.58. The van der Waals surface area contributed by atoms with Crippen LogP contribution in [-0.4, -0.2) is 97.4 Å². The second-order valence-corrected chi connectivity index (χ2v) is 9.54. The summed E-state index contributed by atoms with van der Waals surface area (Å²) in [5.74, 6) is 0.630. The summed E-state index contributed by atoms with van der Waals surface area (Å²) in [5, 5.41) is 3.51. The molecule has 32 heavy (non-hydrogen) atoms. The molecule has 2 fully saturated rings. The van der Waals surface area contributed by atoms with E-state index < -0.39 is 5.60 Å². The van der Waals surface area contributed by atoms with Crippen LogP contribution < -0.4 is 5.32 Å². The molecule has 3 aliphatic rings. The fourth-order valence-electron chi connectivity index (χ4n) is 4.47. The lowest BCUT2D eigenvalue weighted by molar-refractivity contribution is 0.0129. The SMILES string of the molecule is CC(C)(C)OC(=O)N1CCN2C(NCC(c3cccc(F)c3)N3CCOCC3)=NCC2C1. The zero-order chi connectivity index (χ0) is 22.7. The molecule has 0 bridgehead atoms. The van der Waals surface area contributed by atoms with Crippen LogP contribution in [0.1, 0.15) is 32.4 Å². The molecular formula is C23H34FN5O3. The number of halogens is 1. The first-order chi connectivity index (χ1) is 15.3. The van der Waals surface area contributed by atoms with Crippen LogP contribution in [0.2, 0.25) is 0 Å². The summed E-state index contributed by atoms with van der Waals surface area (Å²) in [7, 11) is 0. The van der Waals surface area contributed by atoms with Gasteiger partial charge in [-0.05, 0) is 38.5 Å². The smallest absolute Gasteiger partial charge is 0.410 e. The van der Waals surface area contributed by atoms with Crippen molar-refractivity contribution >= 4 is 12.1 Å². The number of hydrogen-bond acceptors (Lipinski definition) is 7. The normalized spacial score (nSPS) is 22.9. The Balaban J connectivity index is 1.37. The van der Waals surface area contributed by atoms with Crippen molar-refractivity contribution in [3.05, 3.63) is 35.6 Å². The van der Waals surface area contributed by atoms with Gasteiger partial charge in [-0.3, -0.25) is 9.89 Å². The number of ether oxygens (including phenoxy) is 2. The van der Waals surface area contributed by atoms with Gasteiger partial charge >= 0.3 is 6.09 Å². The molecular weight excluding hydrogens is 413 g/mol. The van der Waals surface area contributed by atoms with E-state index in [1.807, 2.05) is 26.8 Å². The van der Waals surface area contributed by atoms with E-state index in [-0.39, 0.29) is 24.0 Å². The molecule has 2 unspecified atom stereocenters. The first kappa shape index (κ1) is 22.8. The first-order valence-corrected chi connectivity index (χ1v) is 11.4. The Bertz CT molecular complexity index is 837. The Hall–Kier alpha value is -2.39. The first-order valence-electron chi connectivity index (χ1n) is 11.4. The van der Waals surface area contributed by atoms with Gasteiger partial charge in [-0.15, -0.1) is 0 Å². The second kappa shape index (κ2) is 9.62. The van der Waals surface area contributed by atoms with Gasteiger partial charge in [-0.25, -0.2) is 9.18 Å². The summed E-state index contributed by atoms with van der Waals surface area (Å²) >= 11 is 0. The molecule has 8 nitrogen and oxygen atoms in total. The van der Waals surface area contributed by atoms with Gasteiger partial charge in [-0.1, -0.05) is 12.1 Å². The molecule has 0 radical (unpaired) electrons. The van der Waals surface area contributed by atoms with Gasteiger partial charge in [0, 0.05) is 39.3 Å². The minimum atomic E-state index is -0.501. The zero-order valence-electron chi connectivity index (χ0n) is 19.2. The number of nitrogens with one attached hydrogen (secondary N) is 1. The number of hydrogen-bond donors (Lipinski definition) is 1. The molecule has 4 rings (SSSR count). The quantitative estimate of drug-likeness (QED) is 0.762. The summed E-state index contributed by atoms with van der Waals surface area (Å²) < 4.78 is 25.0. The summed E-state index contributed by atoms with van der Waals surface area (Å²) in [6, 6.07) is 7.00. The largest absolute Gasteiger partial charge is 0.444 e. The van der Waals surface area contributed by atoms with E-state index in [2.05, 4.69) is 15.1 Å². The minimum Gasteiger partial charge on any atom is -0.444 e. The molecule has 0 saturated carbocycles. The highest BCUT2D eigenvalue weighted by Gasteiger charge is 2.36. The average molecular weight is 448 g/mol. The number of amides is 1. The van der Waals surface area contributed by atoms with Crippen molar-refractivity contribution in [3.8, 4) is 0 Å². The summed E-state index contributed by atoms with van der Waals surface area (Å²) in [4.78, 5) is 23.5. The number of carbonyl (C=O) groups excluding carboxylic acids is 1. The van der Waals surface area contributed by atoms with E-state index in [0.717, 1.165) is 24.6 Å². The predicted molar refractivity (Wildman–Crippen MR) is 120 cm³/mol. The zero-order valence-corrected chi connectivity index (χ0v) is 19.2. The topological polar surface area (TPSA) is 69.6 Å². The second-order valence-electron chi connectivity index (χ2n) is 9.54. The Kier molecular flexibility index (Phi) is 6.85. The van der Waals surface area contributed by atoms with Crippen LogP contribution >= 0.6 is 0 Å². The van der Waals surface area contributed by atoms with E-state index in [1.54, 1.807) is 17.0 Å². The lowest BCUT2D eigenvalue weighted by atomic mass is 10.0. The maximum Gasteiger partial charge on any atom is 0.410 e. The maximum atomic E-state index is 13.9. The Morgan fingerprint density at radius 3 is 2.78 bits per heavy atom. The fraction of sp³-hybridized carbons (Fsp3) is 0.652. The molecule has 0 aromatic heterocycles. The third-order valence-electron chi connectivity index (χ3n) is 6.03. The highest BCUT2D eigenvalue weighted by atomic mass is 19.1. The molecule has 2 atom stereocenters. The van der Waals surface area contributed by atoms with Gasteiger partial charge in [-0.2, -0.15) is 0 Å². The molecule has 2 saturated heterocycles. The molecule has 176 valence electrons. The van der Waals surface area contributed by atoms with Crippen molar-refractivity contribution in [3.63, 3.8) is 0 Å². The molecule has 1 aromatic rings. The lowest BCUT2D eigenvalue weighted by Gasteiger charge is -2.40. The van der Waals surface area contributed by atoms with E-state index in [4.69, 9.17) is 14.5 Å². The number of fused-ring (bicyclic) bond motifs is 1. The standard InChI is InChI=1S/C23H34FN5O3/c1-23(2,3)32-22(30)28-7-8-29-19(16-28)14-25-21(29)26-15-20(27-9-11-31-12-10-27)17-5-4-6-18(24)13-17/h4-6,13,19-20H,7-12,14-16H2,1-3H3,(H,25,26). The Morgan fingerprint density at radius 1 is 1.28 bits per heavy atom. The van der Waals surface area contributed by atoms with Gasteiger partial charge < -0.3 is 24.6 Å². The average Bonchev–Trinajstić information content (AvgIpc) is 3.16. The third-order valence-corrected chi connectivity index (χ3v) is 6.03. The van der Waals surface area contributed by atoms with E-state index >= 15 is 0 Å². The van der Waals surface area contributed by atoms with Crippen molar-refractivity contribution in [2.24, 2.45) is 4.99 Å². The van der Waals surface area contributed by atoms with Gasteiger partial charge in [0.15, 0.2) is 5.96 Å². The monoisotopic (exact) mass is 447 g/mol. The van der Waals surface area contributed by atoms with Crippen LogP contribution in [0.25, 0.3) is 0 Å². The molecule has 0 aliphatic carbocycles. The highest BCUT2D eigenvalue weighted by Crippen LogP contribution is 2.23. The van der Waals surface area contributed by atoms with Gasteiger partial charge in [0.1, 0.15) is 11.4 Å². The molecule has 1 amide bonds. The van der Waals surface area contributed by atoms with Crippen molar-refractivity contribution in [2.75, 3.05) is 59.0 Å². The highest BCUT2D eigenvalue weighted by molar-refractivity contribution is 5.82. The fourth-order valence-corrected chi connectivity index (χ4v) is 4.47. The van der Waals surface area contributed by atoms with Crippen LogP contribution in [0.5, 0.6) is 0 Å². The minimum absolute atomic E-state index is 0.0272. The number of benzene rings is 1. The number of morpholine rings is 1. The van der Waals surface area contributed by atoms with Gasteiger partial charge in [0.25, 0.3) is 0 Å². The van der Waals surface area contributed by atoms with Crippen molar-refractivity contribution in [1.82, 2.24) is 20.0 Å². The molecule has 1 aromatic carbocycles. The number of aliphatic imine (C=N–C) groups is 1. The van der Waals surface area contributed by atoms with Gasteiger partial charge in [0.2, 0.25) is 0 Å². The van der Waals surface area contributed by atoms with Crippen LogP contribution in [0.15, 0.2) is 29.3 Å². The van der Waals surface area contributed by atoms with Crippen LogP contribution in [0, 0.1) is 5.82 Å². The van der Waals surface area contributed by atoms with Crippen molar-refractivity contribution < 1.29 is 18.7 Å². The van der Waals surface area contributed by atoms with E-state index in [9.17, 15) is 9.18 Å². The van der Waals surface area contributed by atoms with Crippen molar-refractivity contribution in [1.29, 1.82) is 0 Å². The Labute approximate surface area is 189 Å². The van der Waals surface area contributed by atoms with E-state index in [1.165, 1.54) is 6.07 Å². The molecule has 1 N–H and O–H groups in total. The Morgan fingerprint density at radius 2 is 2.06 bits per heavy atom. The van der Waals surface area contributed by atoms with Gasteiger partial charge in [0.05, 0.1) is 31.8 Å². The summed E-state index contributed by atoms with van der Waals surface area (Å²) in [6.07, 6.45) is -0.267. The van der Waals surface area contributed by atoms with Crippen molar-refractivity contribution in [2.45, 2.75) is 38.5 Å². The molecule has 0 spiro atoms. The number of rotatable bonds is 4. The molecule has 3 heterocycles. The predicted octanol–water partition coefficient (Wildman–Crippen LogP) is 2.08. The summed E-state index contributed by atoms with van der Waals surface area (Å²) in [6.45, 7) is 11.8. The summed E-state index contributed by atoms with van der Waals surface area (Å²) in [5.41, 5.74) is 0.447. The van der Waals surface area contributed by atoms with Crippen LogP contribution in [0.3, 0.4) is 0 Å². The van der Waals surface area contributed by atoms with Crippen LogP contribution in [-0.2, 0) is 9.47 Å². The molecule has 9 heteroatoms. The maximum absolute atomic E-state index is 13.9. The number of nitrogens with zero attached hydrogens (tertiary/aromatic N) is 4. The van der Waals surface area contributed by atoms with E-state index in [0.29, 0.717) is 45.9 Å². The number of guanidine groups is 1. The third kappa shape index (κ3) is 5.50. The molecule has 3 aliphatic heterocycles. The number of carbonyl (C=O) groups is 1. The van der Waals surface area contributed by atoms with Crippen LogP contribution in [0.4, 0.5) is 9.18 Å².